The highest BCUT2D eigenvalue weighted by Crippen LogP contribution is 2.29. The first-order valence-electron chi connectivity index (χ1n) is 7.73. The van der Waals surface area contributed by atoms with Gasteiger partial charge >= 0.3 is 0 Å². The van der Waals surface area contributed by atoms with E-state index in [1.807, 2.05) is 12.1 Å². The van der Waals surface area contributed by atoms with Gasteiger partial charge in [-0.1, -0.05) is 31.9 Å². The molecule has 0 saturated heterocycles. The summed E-state index contributed by atoms with van der Waals surface area (Å²) in [5.41, 5.74) is 6.19. The van der Waals surface area contributed by atoms with Gasteiger partial charge in [0.2, 0.25) is 5.96 Å². The summed E-state index contributed by atoms with van der Waals surface area (Å²) in [6.07, 6.45) is 8.23. The second-order valence-corrected chi connectivity index (χ2v) is 5.27. The third kappa shape index (κ3) is 4.35. The quantitative estimate of drug-likeness (QED) is 0.314. The highest BCUT2D eigenvalue weighted by atomic mass is 16.5. The largest absolute Gasteiger partial charge is 0.497 e. The van der Waals surface area contributed by atoms with E-state index in [4.69, 9.17) is 10.1 Å². The maximum atomic E-state index is 7.73. The number of methoxy groups -OCH3 is 1. The molecule has 3 N–H and O–H groups in total. The van der Waals surface area contributed by atoms with Crippen LogP contribution >= 0.6 is 0 Å². The summed E-state index contributed by atoms with van der Waals surface area (Å²) in [5, 5.41) is 14.9. The average Bonchev–Trinajstić information content (AvgIpc) is 2.94. The minimum Gasteiger partial charge on any atom is -0.497 e. The molecule has 0 bridgehead atoms. The van der Waals surface area contributed by atoms with Crippen LogP contribution in [-0.4, -0.2) is 25.8 Å². The molecule has 1 aliphatic rings. The molecule has 0 amide bonds. The van der Waals surface area contributed by atoms with E-state index in [2.05, 4.69) is 34.9 Å². The maximum Gasteiger partial charge on any atom is 0.209 e. The van der Waals surface area contributed by atoms with E-state index in [9.17, 15) is 0 Å². The highest BCUT2D eigenvalue weighted by Gasteiger charge is 2.13. The Balaban J connectivity index is 1.84. The number of guanidine groups is 1. The van der Waals surface area contributed by atoms with Crippen molar-refractivity contribution < 1.29 is 4.74 Å². The van der Waals surface area contributed by atoms with E-state index in [0.717, 1.165) is 36.3 Å². The van der Waals surface area contributed by atoms with Crippen molar-refractivity contribution >= 4 is 17.7 Å². The van der Waals surface area contributed by atoms with Gasteiger partial charge in [0.25, 0.3) is 0 Å². The maximum absolute atomic E-state index is 7.73. The fraction of sp³-hybridized carbons (Fsp3) is 0.412. The number of allylic oxidation sites excluding steroid dienone is 2. The van der Waals surface area contributed by atoms with Crippen molar-refractivity contribution in [3.63, 3.8) is 0 Å². The van der Waals surface area contributed by atoms with Gasteiger partial charge in [-0.3, -0.25) is 5.41 Å². The molecular weight excluding hydrogens is 276 g/mol. The molecule has 0 saturated carbocycles. The summed E-state index contributed by atoms with van der Waals surface area (Å²) >= 11 is 0. The standard InChI is InChI=1S/C17H24N4O/c1-3-4-5-10-19-17(18)21-20-12-14-7-6-13-8-9-15(22-2)11-16(13)14/h7-9,11-12H,3-6,10H2,1-2H3,(H3,18,19,21)/b20-12+. The van der Waals surface area contributed by atoms with Crippen molar-refractivity contribution in [3.8, 4) is 5.75 Å². The summed E-state index contributed by atoms with van der Waals surface area (Å²) < 4.78 is 5.26. The lowest BCUT2D eigenvalue weighted by molar-refractivity contribution is 0.414. The minimum absolute atomic E-state index is 0.233. The molecule has 0 radical (unpaired) electrons. The van der Waals surface area contributed by atoms with Crippen molar-refractivity contribution in [1.82, 2.24) is 10.7 Å². The van der Waals surface area contributed by atoms with Crippen molar-refractivity contribution in [1.29, 1.82) is 5.41 Å². The lowest BCUT2D eigenvalue weighted by Gasteiger charge is -2.07. The van der Waals surface area contributed by atoms with Gasteiger partial charge in [-0.05, 0) is 41.7 Å². The zero-order valence-electron chi connectivity index (χ0n) is 13.3. The molecule has 118 valence electrons. The Bertz CT molecular complexity index is 578. The van der Waals surface area contributed by atoms with Crippen LogP contribution in [-0.2, 0) is 6.42 Å². The molecule has 5 nitrogen and oxygen atoms in total. The van der Waals surface area contributed by atoms with Crippen LogP contribution in [0.3, 0.4) is 0 Å². The molecule has 0 fully saturated rings. The number of hydrazone groups is 1. The highest BCUT2D eigenvalue weighted by molar-refractivity contribution is 6.12. The summed E-state index contributed by atoms with van der Waals surface area (Å²) in [4.78, 5) is 0. The fourth-order valence-electron chi connectivity index (χ4n) is 2.38. The Hall–Kier alpha value is -2.30. The molecule has 1 aliphatic carbocycles. The summed E-state index contributed by atoms with van der Waals surface area (Å²) in [5.74, 6) is 1.08. The lowest BCUT2D eigenvalue weighted by atomic mass is 10.1. The van der Waals surface area contributed by atoms with E-state index in [-0.39, 0.29) is 5.96 Å². The Morgan fingerprint density at radius 2 is 2.27 bits per heavy atom. The first kappa shape index (κ1) is 16.1. The number of hydrogen-bond acceptors (Lipinski definition) is 3. The van der Waals surface area contributed by atoms with Gasteiger partial charge in [-0.15, -0.1) is 0 Å². The minimum atomic E-state index is 0.233. The van der Waals surface area contributed by atoms with Crippen molar-refractivity contribution in [2.24, 2.45) is 5.10 Å². The van der Waals surface area contributed by atoms with Gasteiger partial charge in [-0.2, -0.15) is 5.10 Å². The molecule has 2 rings (SSSR count). The molecule has 5 heteroatoms. The molecule has 1 aromatic rings. The number of unbranched alkanes of at least 4 members (excludes halogenated alkanes) is 2. The van der Waals surface area contributed by atoms with Crippen LogP contribution in [0, 0.1) is 5.41 Å². The first-order valence-corrected chi connectivity index (χ1v) is 7.73. The van der Waals surface area contributed by atoms with E-state index in [1.54, 1.807) is 13.3 Å². The Kier molecular flexibility index (Phi) is 6.01. The van der Waals surface area contributed by atoms with E-state index < -0.39 is 0 Å². The van der Waals surface area contributed by atoms with Crippen LogP contribution in [0.25, 0.3) is 5.57 Å². The number of hydrogen-bond donors (Lipinski definition) is 3. The van der Waals surface area contributed by atoms with Crippen LogP contribution in [0.15, 0.2) is 29.4 Å². The van der Waals surface area contributed by atoms with Gasteiger partial charge in [0.1, 0.15) is 5.75 Å². The number of benzene rings is 1. The van der Waals surface area contributed by atoms with Gasteiger partial charge in [-0.25, -0.2) is 5.43 Å². The Morgan fingerprint density at radius 3 is 3.05 bits per heavy atom. The summed E-state index contributed by atoms with van der Waals surface area (Å²) in [7, 11) is 1.67. The Labute approximate surface area is 132 Å². The van der Waals surface area contributed by atoms with Crippen LogP contribution in [0.1, 0.15) is 37.3 Å². The van der Waals surface area contributed by atoms with E-state index in [0.29, 0.717) is 0 Å². The third-order valence-corrected chi connectivity index (χ3v) is 3.63. The predicted molar refractivity (Wildman–Crippen MR) is 91.6 cm³/mol. The van der Waals surface area contributed by atoms with Crippen LogP contribution in [0.4, 0.5) is 0 Å². The fourth-order valence-corrected chi connectivity index (χ4v) is 2.38. The summed E-state index contributed by atoms with van der Waals surface area (Å²) in [6.45, 7) is 2.97. The smallest absolute Gasteiger partial charge is 0.209 e. The Morgan fingerprint density at radius 1 is 1.41 bits per heavy atom. The molecular formula is C17H24N4O. The SMILES string of the molecule is CCCCCNC(=N)N/N=C/C1=CCc2ccc(OC)cc21. The molecule has 0 aromatic heterocycles. The molecule has 0 unspecified atom stereocenters. The molecule has 0 spiro atoms. The number of nitrogens with one attached hydrogen (secondary N) is 3. The first-order chi connectivity index (χ1) is 10.7. The second kappa shape index (κ2) is 8.22. The molecule has 0 aliphatic heterocycles. The molecule has 22 heavy (non-hydrogen) atoms. The number of nitrogens with zero attached hydrogens (tertiary/aromatic N) is 1. The topological polar surface area (TPSA) is 69.5 Å². The molecule has 1 aromatic carbocycles. The van der Waals surface area contributed by atoms with Crippen molar-refractivity contribution in [3.05, 3.63) is 35.4 Å². The zero-order valence-corrected chi connectivity index (χ0v) is 13.3. The summed E-state index contributed by atoms with van der Waals surface area (Å²) in [6, 6.07) is 6.08. The third-order valence-electron chi connectivity index (χ3n) is 3.63. The van der Waals surface area contributed by atoms with E-state index >= 15 is 0 Å². The van der Waals surface area contributed by atoms with Gasteiger partial charge in [0, 0.05) is 6.54 Å². The van der Waals surface area contributed by atoms with Gasteiger partial charge in [0.05, 0.1) is 13.3 Å². The monoisotopic (exact) mass is 300 g/mol. The van der Waals surface area contributed by atoms with E-state index in [1.165, 1.54) is 18.4 Å². The number of ether oxygens (including phenoxy) is 1. The normalized spacial score (nSPS) is 12.9. The van der Waals surface area contributed by atoms with Crippen molar-refractivity contribution in [2.45, 2.75) is 32.6 Å². The van der Waals surface area contributed by atoms with Crippen LogP contribution in [0.2, 0.25) is 0 Å². The molecule has 0 heterocycles. The average molecular weight is 300 g/mol. The van der Waals surface area contributed by atoms with Crippen LogP contribution in [0.5, 0.6) is 5.75 Å². The zero-order chi connectivity index (χ0) is 15.8. The van der Waals surface area contributed by atoms with Crippen molar-refractivity contribution in [2.75, 3.05) is 13.7 Å². The number of rotatable bonds is 7. The van der Waals surface area contributed by atoms with Gasteiger partial charge < -0.3 is 10.1 Å². The second-order valence-electron chi connectivity index (χ2n) is 5.27. The van der Waals surface area contributed by atoms with Crippen LogP contribution < -0.4 is 15.5 Å². The lowest BCUT2D eigenvalue weighted by Crippen LogP contribution is -2.33. The molecule has 0 atom stereocenters. The number of fused-ring (bicyclic) bond motifs is 1. The van der Waals surface area contributed by atoms with Gasteiger partial charge in [0.15, 0.2) is 0 Å². The predicted octanol–water partition coefficient (Wildman–Crippen LogP) is 2.92.